The van der Waals surface area contributed by atoms with E-state index in [1.165, 1.54) is 4.68 Å². The molecule has 0 N–H and O–H groups in total. The second-order valence-electron chi connectivity index (χ2n) is 5.98. The molecular formula is C19H21N3O4. The molecule has 0 aliphatic carbocycles. The highest BCUT2D eigenvalue weighted by Gasteiger charge is 2.27. The van der Waals surface area contributed by atoms with Crippen molar-refractivity contribution in [2.45, 2.75) is 39.7 Å². The highest BCUT2D eigenvalue weighted by molar-refractivity contribution is 5.93. The van der Waals surface area contributed by atoms with Crippen molar-refractivity contribution in [2.75, 3.05) is 6.61 Å². The molecule has 1 unspecified atom stereocenters. The third-order valence-electron chi connectivity index (χ3n) is 4.18. The molecule has 3 aromatic rings. The van der Waals surface area contributed by atoms with E-state index < -0.39 is 17.6 Å². The number of carbonyl (C=O) groups excluding carboxylic acids is 1. The number of aryl methyl sites for hydroxylation is 1. The lowest BCUT2D eigenvalue weighted by atomic mass is 10.1. The van der Waals surface area contributed by atoms with Crippen LogP contribution in [0.4, 0.5) is 0 Å². The summed E-state index contributed by atoms with van der Waals surface area (Å²) in [6.07, 6.45) is 1.15. The van der Waals surface area contributed by atoms with Gasteiger partial charge in [0.25, 0.3) is 5.56 Å². The van der Waals surface area contributed by atoms with E-state index in [0.29, 0.717) is 29.7 Å². The van der Waals surface area contributed by atoms with E-state index in [-0.39, 0.29) is 12.1 Å². The highest BCUT2D eigenvalue weighted by atomic mass is 16.5. The van der Waals surface area contributed by atoms with Crippen LogP contribution in [-0.2, 0) is 9.53 Å². The van der Waals surface area contributed by atoms with Gasteiger partial charge in [-0.1, -0.05) is 48.8 Å². The van der Waals surface area contributed by atoms with Crippen LogP contribution in [0.3, 0.4) is 0 Å². The van der Waals surface area contributed by atoms with Crippen LogP contribution in [0.1, 0.15) is 38.5 Å². The third-order valence-corrected chi connectivity index (χ3v) is 4.18. The summed E-state index contributed by atoms with van der Waals surface area (Å²) in [6.45, 7) is 5.65. The van der Waals surface area contributed by atoms with Crippen LogP contribution in [0.25, 0.3) is 22.2 Å². The molecule has 2 heterocycles. The number of ether oxygens (including phenoxy) is 1. The number of aromatic nitrogens is 3. The second kappa shape index (κ2) is 7.51. The molecule has 0 spiro atoms. The predicted octanol–water partition coefficient (Wildman–Crippen LogP) is 3.26. The van der Waals surface area contributed by atoms with Gasteiger partial charge in [-0.15, -0.1) is 0 Å². The van der Waals surface area contributed by atoms with Crippen molar-refractivity contribution in [3.8, 4) is 11.3 Å². The summed E-state index contributed by atoms with van der Waals surface area (Å²) in [6, 6.07) is 8.66. The molecule has 136 valence electrons. The van der Waals surface area contributed by atoms with Gasteiger partial charge in [0, 0.05) is 5.56 Å². The average molecular weight is 355 g/mol. The maximum absolute atomic E-state index is 12.9. The van der Waals surface area contributed by atoms with Crippen molar-refractivity contribution in [1.29, 1.82) is 0 Å². The first-order valence-corrected chi connectivity index (χ1v) is 8.69. The topological polar surface area (TPSA) is 87.2 Å². The van der Waals surface area contributed by atoms with Crippen LogP contribution < -0.4 is 5.56 Å². The fraction of sp³-hybridized carbons (Fsp3) is 0.368. The number of esters is 1. The Kier molecular flexibility index (Phi) is 5.16. The lowest BCUT2D eigenvalue weighted by Gasteiger charge is -2.17. The van der Waals surface area contributed by atoms with Crippen molar-refractivity contribution < 1.29 is 14.1 Å². The predicted molar refractivity (Wildman–Crippen MR) is 96.8 cm³/mol. The third kappa shape index (κ3) is 3.12. The maximum atomic E-state index is 12.9. The average Bonchev–Trinajstić information content (AvgIpc) is 3.04. The van der Waals surface area contributed by atoms with E-state index in [4.69, 9.17) is 9.26 Å². The summed E-state index contributed by atoms with van der Waals surface area (Å²) in [5.74, 6) is 0.0429. The molecule has 26 heavy (non-hydrogen) atoms. The van der Waals surface area contributed by atoms with Crippen LogP contribution in [0.15, 0.2) is 39.6 Å². The maximum Gasteiger partial charge on any atom is 0.331 e. The number of hydrogen-bond donors (Lipinski definition) is 0. The Bertz CT molecular complexity index is 976. The standard InChI is InChI=1S/C19H21N3O4/c1-4-9-14(19(24)25-5-2)22-18(23)17-15(12(3)26-21-17)16(20-22)13-10-7-6-8-11-13/h6-8,10-11,14H,4-5,9H2,1-3H3. The molecule has 0 saturated heterocycles. The van der Waals surface area contributed by atoms with Gasteiger partial charge in [0.1, 0.15) is 11.5 Å². The Morgan fingerprint density at radius 1 is 1.27 bits per heavy atom. The van der Waals surface area contributed by atoms with Gasteiger partial charge in [-0.2, -0.15) is 5.10 Å². The van der Waals surface area contributed by atoms with Gasteiger partial charge in [-0.25, -0.2) is 9.48 Å². The lowest BCUT2D eigenvalue weighted by molar-refractivity contribution is -0.147. The molecule has 0 amide bonds. The van der Waals surface area contributed by atoms with Crippen molar-refractivity contribution >= 4 is 16.9 Å². The molecule has 1 aromatic carbocycles. The van der Waals surface area contributed by atoms with Crippen molar-refractivity contribution in [2.24, 2.45) is 0 Å². The van der Waals surface area contributed by atoms with Gasteiger partial charge in [0.05, 0.1) is 12.0 Å². The van der Waals surface area contributed by atoms with E-state index in [9.17, 15) is 9.59 Å². The van der Waals surface area contributed by atoms with Crippen LogP contribution in [0.5, 0.6) is 0 Å². The van der Waals surface area contributed by atoms with Gasteiger partial charge in [-0.05, 0) is 20.3 Å². The van der Waals surface area contributed by atoms with E-state index in [2.05, 4.69) is 10.3 Å². The molecule has 7 nitrogen and oxygen atoms in total. The second-order valence-corrected chi connectivity index (χ2v) is 5.98. The Morgan fingerprint density at radius 2 is 2.00 bits per heavy atom. The Balaban J connectivity index is 2.28. The van der Waals surface area contributed by atoms with Crippen LogP contribution in [-0.4, -0.2) is 27.5 Å². The molecule has 7 heteroatoms. The molecule has 3 rings (SSSR count). The van der Waals surface area contributed by atoms with Crippen molar-refractivity contribution in [3.05, 3.63) is 46.4 Å². The largest absolute Gasteiger partial charge is 0.464 e. The quantitative estimate of drug-likeness (QED) is 0.631. The van der Waals surface area contributed by atoms with Gasteiger partial charge in [0.15, 0.2) is 11.6 Å². The molecular weight excluding hydrogens is 334 g/mol. The Morgan fingerprint density at radius 3 is 2.65 bits per heavy atom. The number of rotatable bonds is 6. The van der Waals surface area contributed by atoms with Crippen molar-refractivity contribution in [3.63, 3.8) is 0 Å². The molecule has 2 aromatic heterocycles. The Labute approximate surface area is 150 Å². The first-order valence-electron chi connectivity index (χ1n) is 8.69. The fourth-order valence-electron chi connectivity index (χ4n) is 2.97. The molecule has 0 saturated carbocycles. The highest BCUT2D eigenvalue weighted by Crippen LogP contribution is 2.28. The molecule has 0 aliphatic heterocycles. The summed E-state index contributed by atoms with van der Waals surface area (Å²) in [5.41, 5.74) is 1.09. The molecule has 0 bridgehead atoms. The Hall–Kier alpha value is -2.96. The van der Waals surface area contributed by atoms with Gasteiger partial charge in [-0.3, -0.25) is 4.79 Å². The smallest absolute Gasteiger partial charge is 0.331 e. The first kappa shape index (κ1) is 17.8. The monoisotopic (exact) mass is 355 g/mol. The SMILES string of the molecule is CCCC(C(=O)OCC)n1nc(-c2ccccc2)c2c(C)onc2c1=O. The number of nitrogens with zero attached hydrogens (tertiary/aromatic N) is 3. The zero-order valence-corrected chi connectivity index (χ0v) is 15.1. The summed E-state index contributed by atoms with van der Waals surface area (Å²) in [4.78, 5) is 25.3. The van der Waals surface area contributed by atoms with E-state index in [1.54, 1.807) is 13.8 Å². The number of hydrogen-bond acceptors (Lipinski definition) is 6. The number of fused-ring (bicyclic) bond motifs is 1. The normalized spacial score (nSPS) is 12.3. The van der Waals surface area contributed by atoms with E-state index >= 15 is 0 Å². The number of carbonyl (C=O) groups is 1. The lowest BCUT2D eigenvalue weighted by Crippen LogP contribution is -2.33. The van der Waals surface area contributed by atoms with Crippen molar-refractivity contribution in [1.82, 2.24) is 14.9 Å². The zero-order chi connectivity index (χ0) is 18.7. The molecule has 0 aliphatic rings. The van der Waals surface area contributed by atoms with Crippen LogP contribution in [0.2, 0.25) is 0 Å². The van der Waals surface area contributed by atoms with Crippen LogP contribution >= 0.6 is 0 Å². The minimum atomic E-state index is -0.795. The summed E-state index contributed by atoms with van der Waals surface area (Å²) < 4.78 is 11.6. The van der Waals surface area contributed by atoms with Gasteiger partial charge < -0.3 is 9.26 Å². The minimum absolute atomic E-state index is 0.168. The minimum Gasteiger partial charge on any atom is -0.464 e. The zero-order valence-electron chi connectivity index (χ0n) is 15.1. The number of benzene rings is 1. The summed E-state index contributed by atoms with van der Waals surface area (Å²) >= 11 is 0. The van der Waals surface area contributed by atoms with E-state index in [0.717, 1.165) is 5.56 Å². The molecule has 0 fully saturated rings. The molecule has 0 radical (unpaired) electrons. The molecule has 1 atom stereocenters. The fourth-order valence-corrected chi connectivity index (χ4v) is 2.97. The van der Waals surface area contributed by atoms with Crippen LogP contribution in [0, 0.1) is 6.92 Å². The van der Waals surface area contributed by atoms with Gasteiger partial charge >= 0.3 is 5.97 Å². The van der Waals surface area contributed by atoms with Gasteiger partial charge in [0.2, 0.25) is 0 Å². The summed E-state index contributed by atoms with van der Waals surface area (Å²) in [5, 5.41) is 9.01. The first-order chi connectivity index (χ1) is 12.6. The summed E-state index contributed by atoms with van der Waals surface area (Å²) in [7, 11) is 0. The van der Waals surface area contributed by atoms with E-state index in [1.807, 2.05) is 37.3 Å².